The number of rotatable bonds is 5. The molecule has 0 aliphatic carbocycles. The monoisotopic (exact) mass is 264 g/mol. The predicted molar refractivity (Wildman–Crippen MR) is 61.5 cm³/mol. The molecule has 0 saturated heterocycles. The van der Waals surface area contributed by atoms with E-state index in [2.05, 4.69) is 21.8 Å². The normalized spacial score (nSPS) is 11.8. The summed E-state index contributed by atoms with van der Waals surface area (Å²) in [5, 5.41) is 0. The third kappa shape index (κ3) is 4.38. The zero-order chi connectivity index (χ0) is 12.2. The van der Waals surface area contributed by atoms with E-state index in [0.717, 1.165) is 12.0 Å². The summed E-state index contributed by atoms with van der Waals surface area (Å²) < 4.78 is 29.9. The van der Waals surface area contributed by atoms with Crippen LogP contribution in [0.1, 0.15) is 19.4 Å². The quantitative estimate of drug-likeness (QED) is 0.820. The number of benzene rings is 1. The molecule has 0 aromatic heterocycles. The van der Waals surface area contributed by atoms with Crippen molar-refractivity contribution in [3.8, 4) is 5.75 Å². The Labute approximate surface area is 101 Å². The van der Waals surface area contributed by atoms with Crippen molar-refractivity contribution >= 4 is 22.3 Å². The molecule has 0 atom stereocenters. The first-order chi connectivity index (χ1) is 7.43. The third-order valence-corrected chi connectivity index (χ3v) is 2.86. The third-order valence-electron chi connectivity index (χ3n) is 1.84. The average Bonchev–Trinajstić information content (AvgIpc) is 2.20. The predicted octanol–water partition coefficient (Wildman–Crippen LogP) is 2.68. The Bertz CT molecular complexity index is 425. The molecule has 0 N–H and O–H groups in total. The summed E-state index contributed by atoms with van der Waals surface area (Å²) in [7, 11) is -4.14. The van der Waals surface area contributed by atoms with Gasteiger partial charge in [0.2, 0.25) is 0 Å². The fraction of sp³-hybridized carbons (Fsp3) is 0.400. The van der Waals surface area contributed by atoms with Gasteiger partial charge in [-0.25, -0.2) is 0 Å². The van der Waals surface area contributed by atoms with Gasteiger partial charge in [0, 0.05) is 0 Å². The lowest BCUT2D eigenvalue weighted by molar-refractivity contribution is 0.406. The Balaban J connectivity index is 2.72. The fourth-order valence-electron chi connectivity index (χ4n) is 1.28. The minimum atomic E-state index is -4.14. The molecule has 0 bridgehead atoms. The Hall–Kier alpha value is -0.780. The van der Waals surface area contributed by atoms with Gasteiger partial charge in [-0.2, -0.15) is 8.42 Å². The smallest absolute Gasteiger partial charge is 0.361 e. The molecule has 16 heavy (non-hydrogen) atoms. The highest BCUT2D eigenvalue weighted by Crippen LogP contribution is 2.17. The van der Waals surface area contributed by atoms with Crippen LogP contribution in [0.3, 0.4) is 0 Å². The lowest BCUT2D eigenvalue weighted by atomic mass is 10.0. The Morgan fingerprint density at radius 3 is 2.25 bits per heavy atom. The molecule has 0 aliphatic rings. The van der Waals surface area contributed by atoms with Gasteiger partial charge in [-0.3, -0.25) is 0 Å². The van der Waals surface area contributed by atoms with E-state index < -0.39 is 10.4 Å². The SMILES string of the molecule is CC(C)Cc1ccc(OS(=O)(=O)OCl)cc1. The first-order valence-electron chi connectivity index (χ1n) is 4.76. The van der Waals surface area contributed by atoms with E-state index in [0.29, 0.717) is 5.92 Å². The van der Waals surface area contributed by atoms with Crippen LogP contribution in [0.5, 0.6) is 5.75 Å². The molecule has 0 heterocycles. The Kier molecular flexibility index (Phi) is 4.58. The van der Waals surface area contributed by atoms with Gasteiger partial charge in [0.1, 0.15) is 5.75 Å². The van der Waals surface area contributed by atoms with Crippen LogP contribution in [0.4, 0.5) is 0 Å². The van der Waals surface area contributed by atoms with Crippen molar-refractivity contribution in [2.45, 2.75) is 20.3 Å². The zero-order valence-electron chi connectivity index (χ0n) is 9.01. The summed E-state index contributed by atoms with van der Waals surface area (Å²) in [5.41, 5.74) is 1.12. The van der Waals surface area contributed by atoms with E-state index in [-0.39, 0.29) is 5.75 Å². The molecule has 0 saturated carbocycles. The highest BCUT2D eigenvalue weighted by Gasteiger charge is 2.12. The summed E-state index contributed by atoms with van der Waals surface area (Å²) in [6.07, 6.45) is 0.930. The van der Waals surface area contributed by atoms with Gasteiger partial charge in [-0.15, -0.1) is 3.74 Å². The lowest BCUT2D eigenvalue weighted by Gasteiger charge is -2.06. The fourth-order valence-corrected chi connectivity index (χ4v) is 1.73. The van der Waals surface area contributed by atoms with E-state index >= 15 is 0 Å². The standard InChI is InChI=1S/C10H13ClO4S/c1-8(2)7-9-3-5-10(6-4-9)14-16(12,13)15-11/h3-6,8H,7H2,1-2H3. The molecule has 0 unspecified atom stereocenters. The van der Waals surface area contributed by atoms with Crippen LogP contribution in [0.2, 0.25) is 0 Å². The highest BCUT2D eigenvalue weighted by atomic mass is 35.5. The van der Waals surface area contributed by atoms with E-state index in [4.69, 9.17) is 11.9 Å². The minimum absolute atomic E-state index is 0.174. The van der Waals surface area contributed by atoms with Crippen molar-refractivity contribution in [3.63, 3.8) is 0 Å². The molecule has 0 radical (unpaired) electrons. The maximum absolute atomic E-state index is 10.9. The van der Waals surface area contributed by atoms with Crippen LogP contribution < -0.4 is 4.18 Å². The average molecular weight is 265 g/mol. The van der Waals surface area contributed by atoms with E-state index in [1.807, 2.05) is 0 Å². The first kappa shape index (κ1) is 13.3. The van der Waals surface area contributed by atoms with Gasteiger partial charge < -0.3 is 4.18 Å². The van der Waals surface area contributed by atoms with Crippen molar-refractivity contribution in [3.05, 3.63) is 29.8 Å². The molecule has 1 aromatic carbocycles. The van der Waals surface area contributed by atoms with E-state index in [1.54, 1.807) is 24.3 Å². The maximum Gasteiger partial charge on any atom is 0.465 e. The Morgan fingerprint density at radius 2 is 1.81 bits per heavy atom. The van der Waals surface area contributed by atoms with Gasteiger partial charge in [0.25, 0.3) is 0 Å². The second-order valence-electron chi connectivity index (χ2n) is 3.80. The van der Waals surface area contributed by atoms with Crippen LogP contribution in [0.15, 0.2) is 24.3 Å². The topological polar surface area (TPSA) is 52.6 Å². The molecule has 6 heteroatoms. The second-order valence-corrected chi connectivity index (χ2v) is 5.28. The van der Waals surface area contributed by atoms with Gasteiger partial charge in [0.15, 0.2) is 0 Å². The summed E-state index contributed by atoms with van der Waals surface area (Å²) in [5.74, 6) is 0.717. The molecule has 0 amide bonds. The van der Waals surface area contributed by atoms with Crippen molar-refractivity contribution in [2.75, 3.05) is 0 Å². The summed E-state index contributed by atoms with van der Waals surface area (Å²) >= 11 is 4.73. The molecule has 4 nitrogen and oxygen atoms in total. The molecule has 0 spiro atoms. The molecular weight excluding hydrogens is 252 g/mol. The molecule has 0 aliphatic heterocycles. The largest absolute Gasteiger partial charge is 0.465 e. The van der Waals surface area contributed by atoms with E-state index in [1.165, 1.54) is 0 Å². The second kappa shape index (κ2) is 5.52. The number of hydrogen-bond acceptors (Lipinski definition) is 4. The minimum Gasteiger partial charge on any atom is -0.361 e. The van der Waals surface area contributed by atoms with E-state index in [9.17, 15) is 8.42 Å². The first-order valence-corrected chi connectivity index (χ1v) is 6.40. The van der Waals surface area contributed by atoms with Crippen LogP contribution in [0, 0.1) is 5.92 Å². The van der Waals surface area contributed by atoms with Crippen molar-refractivity contribution in [2.24, 2.45) is 5.92 Å². The van der Waals surface area contributed by atoms with Crippen LogP contribution in [-0.4, -0.2) is 8.42 Å². The van der Waals surface area contributed by atoms with Crippen LogP contribution in [0.25, 0.3) is 0 Å². The molecule has 1 aromatic rings. The van der Waals surface area contributed by atoms with Gasteiger partial charge in [0.05, 0.1) is 11.9 Å². The summed E-state index contributed by atoms with van der Waals surface area (Å²) in [6.45, 7) is 4.21. The number of halogens is 1. The van der Waals surface area contributed by atoms with Crippen LogP contribution in [-0.2, 0) is 20.6 Å². The van der Waals surface area contributed by atoms with Crippen molar-refractivity contribution < 1.29 is 16.3 Å². The molecule has 0 fully saturated rings. The lowest BCUT2D eigenvalue weighted by Crippen LogP contribution is -2.08. The number of hydrogen-bond donors (Lipinski definition) is 0. The van der Waals surface area contributed by atoms with Gasteiger partial charge >= 0.3 is 10.4 Å². The van der Waals surface area contributed by atoms with Crippen molar-refractivity contribution in [1.82, 2.24) is 0 Å². The van der Waals surface area contributed by atoms with Crippen molar-refractivity contribution in [1.29, 1.82) is 0 Å². The van der Waals surface area contributed by atoms with Gasteiger partial charge in [-0.1, -0.05) is 26.0 Å². The summed E-state index contributed by atoms with van der Waals surface area (Å²) in [4.78, 5) is 0. The highest BCUT2D eigenvalue weighted by molar-refractivity contribution is 7.82. The molecule has 90 valence electrons. The summed E-state index contributed by atoms with van der Waals surface area (Å²) in [6, 6.07) is 6.73. The molecule has 1 rings (SSSR count). The maximum atomic E-state index is 10.9. The van der Waals surface area contributed by atoms with Gasteiger partial charge in [-0.05, 0) is 30.0 Å². The molecular formula is C10H13ClO4S. The van der Waals surface area contributed by atoms with Crippen LogP contribution >= 0.6 is 11.9 Å². The zero-order valence-corrected chi connectivity index (χ0v) is 10.6. The Morgan fingerprint density at radius 1 is 1.25 bits per heavy atom.